The third-order valence-electron chi connectivity index (χ3n) is 9.30. The average molecular weight is 615 g/mol. The fourth-order valence-electron chi connectivity index (χ4n) is 6.95. The van der Waals surface area contributed by atoms with E-state index in [1.54, 1.807) is 12.1 Å². The van der Waals surface area contributed by atoms with Crippen LogP contribution in [0.4, 0.5) is 4.39 Å². The van der Waals surface area contributed by atoms with Gasteiger partial charge in [-0.3, -0.25) is 39.4 Å². The van der Waals surface area contributed by atoms with Crippen LogP contribution >= 0.6 is 0 Å². The third-order valence-corrected chi connectivity index (χ3v) is 9.30. The van der Waals surface area contributed by atoms with Crippen LogP contribution in [0.15, 0.2) is 42.5 Å². The molecule has 1 radical (unpaired) electrons. The number of piperazine rings is 1. The highest BCUT2D eigenvalue weighted by molar-refractivity contribution is 6.05. The average Bonchev–Trinajstić information content (AvgIpc) is 3.74. The Bertz CT molecular complexity index is 1650. The molecular weight excluding hydrogens is 581 g/mol. The van der Waals surface area contributed by atoms with E-state index in [1.165, 1.54) is 12.0 Å². The number of amides is 4. The van der Waals surface area contributed by atoms with Crippen molar-refractivity contribution in [3.63, 3.8) is 0 Å². The second kappa shape index (κ2) is 11.8. The van der Waals surface area contributed by atoms with E-state index >= 15 is 4.39 Å². The lowest BCUT2D eigenvalue weighted by Crippen LogP contribution is -2.52. The van der Waals surface area contributed by atoms with Gasteiger partial charge in [-0.25, -0.2) is 4.39 Å². The van der Waals surface area contributed by atoms with Crippen LogP contribution in [0.1, 0.15) is 63.4 Å². The standard InChI is InChI=1S/C32H33FN7O5/c1-45-28(19-5-3-2-4-6-19)32(44)40-18-24-22(15-34-36-24)30(40)38-13-11-37(12-14-38)16-20-7-8-21-23(27(20)33)17-39(31(21)43)25-9-10-26(41)35-29(25)42/h2-8,25,28,30H,9-14,16-18H2,1H3,(H,34,36)(H,35,41,42)/t25?,28-,30?/m1/s1. The number of piperidine rings is 1. The number of hydrogen-bond donors (Lipinski definition) is 2. The molecule has 0 aliphatic carbocycles. The summed E-state index contributed by atoms with van der Waals surface area (Å²) in [5.74, 6) is -1.86. The molecule has 3 aromatic rings. The second-order valence-electron chi connectivity index (χ2n) is 11.9. The van der Waals surface area contributed by atoms with Crippen molar-refractivity contribution in [2.75, 3.05) is 33.3 Å². The molecule has 13 heteroatoms. The van der Waals surface area contributed by atoms with Crippen molar-refractivity contribution < 1.29 is 28.3 Å². The zero-order valence-electron chi connectivity index (χ0n) is 24.8. The lowest BCUT2D eigenvalue weighted by Gasteiger charge is -2.41. The molecule has 7 rings (SSSR count). The van der Waals surface area contributed by atoms with Gasteiger partial charge in [0.2, 0.25) is 11.8 Å². The number of ether oxygens (including phenoxy) is 1. The molecule has 2 unspecified atom stereocenters. The third kappa shape index (κ3) is 5.20. The van der Waals surface area contributed by atoms with E-state index in [1.807, 2.05) is 35.2 Å². The first kappa shape index (κ1) is 29.3. The van der Waals surface area contributed by atoms with Crippen molar-refractivity contribution in [2.45, 2.75) is 50.8 Å². The lowest BCUT2D eigenvalue weighted by molar-refractivity contribution is -0.150. The quantitative estimate of drug-likeness (QED) is 0.385. The number of H-pyrrole nitrogens is 1. The molecule has 45 heavy (non-hydrogen) atoms. The van der Waals surface area contributed by atoms with Gasteiger partial charge in [-0.15, -0.1) is 0 Å². The number of fused-ring (bicyclic) bond motifs is 2. The molecule has 12 nitrogen and oxygen atoms in total. The summed E-state index contributed by atoms with van der Waals surface area (Å²) in [6.07, 6.45) is 2.32. The molecule has 4 aliphatic rings. The molecule has 4 aliphatic heterocycles. The number of aromatic amines is 1. The molecule has 0 spiro atoms. The van der Waals surface area contributed by atoms with Gasteiger partial charge in [0, 0.05) is 68.5 Å². The van der Waals surface area contributed by atoms with Crippen LogP contribution in [-0.4, -0.2) is 92.8 Å². The fourth-order valence-corrected chi connectivity index (χ4v) is 6.95. The van der Waals surface area contributed by atoms with Gasteiger partial charge in [0.25, 0.3) is 11.8 Å². The molecule has 2 N–H and O–H groups in total. The zero-order chi connectivity index (χ0) is 31.2. The van der Waals surface area contributed by atoms with Gasteiger partial charge >= 0.3 is 0 Å². The van der Waals surface area contributed by atoms with E-state index in [0.29, 0.717) is 44.8 Å². The van der Waals surface area contributed by atoms with Crippen LogP contribution in [0.25, 0.3) is 0 Å². The maximum absolute atomic E-state index is 15.8. The van der Waals surface area contributed by atoms with E-state index in [2.05, 4.69) is 31.5 Å². The predicted octanol–water partition coefficient (Wildman–Crippen LogP) is 1.66. The van der Waals surface area contributed by atoms with Gasteiger partial charge in [0.05, 0.1) is 18.8 Å². The molecule has 2 fully saturated rings. The Labute approximate surface area is 259 Å². The number of imide groups is 1. The zero-order valence-corrected chi connectivity index (χ0v) is 24.8. The summed E-state index contributed by atoms with van der Waals surface area (Å²) in [4.78, 5) is 58.4. The summed E-state index contributed by atoms with van der Waals surface area (Å²) in [7, 11) is 1.53. The minimum absolute atomic E-state index is 0.00553. The number of carbonyl (C=O) groups is 4. The van der Waals surface area contributed by atoms with E-state index in [4.69, 9.17) is 4.74 Å². The number of halogens is 1. The minimum atomic E-state index is -0.791. The summed E-state index contributed by atoms with van der Waals surface area (Å²) in [6.45, 7) is 3.25. The molecule has 3 atom stereocenters. The van der Waals surface area contributed by atoms with Gasteiger partial charge in [-0.1, -0.05) is 36.4 Å². The maximum atomic E-state index is 15.8. The summed E-state index contributed by atoms with van der Waals surface area (Å²) in [5, 5.41) is 9.36. The number of hydrogen-bond acceptors (Lipinski definition) is 8. The van der Waals surface area contributed by atoms with Crippen LogP contribution < -0.4 is 5.32 Å². The second-order valence-corrected chi connectivity index (χ2v) is 11.9. The largest absolute Gasteiger partial charge is 0.367 e. The van der Waals surface area contributed by atoms with E-state index in [-0.39, 0.29) is 48.5 Å². The van der Waals surface area contributed by atoms with Gasteiger partial charge < -0.3 is 14.5 Å². The maximum Gasteiger partial charge on any atom is 0.258 e. The molecule has 0 bridgehead atoms. The van der Waals surface area contributed by atoms with Gasteiger partial charge in [0.15, 0.2) is 6.10 Å². The Balaban J connectivity index is 1.03. The summed E-state index contributed by atoms with van der Waals surface area (Å²) < 4.78 is 21.5. The molecule has 2 aromatic carbocycles. The monoisotopic (exact) mass is 614 g/mol. The number of methoxy groups -OCH3 is 1. The molecule has 233 valence electrons. The number of benzene rings is 2. The normalized spacial score (nSPS) is 22.8. The summed E-state index contributed by atoms with van der Waals surface area (Å²) in [6, 6.07) is 11.9. The Morgan fingerprint density at radius 1 is 1.09 bits per heavy atom. The van der Waals surface area contributed by atoms with Crippen molar-refractivity contribution in [2.24, 2.45) is 0 Å². The highest BCUT2D eigenvalue weighted by Gasteiger charge is 2.43. The topological polar surface area (TPSA) is 131 Å². The van der Waals surface area contributed by atoms with Crippen molar-refractivity contribution in [1.82, 2.24) is 35.1 Å². The number of aromatic nitrogens is 2. The summed E-state index contributed by atoms with van der Waals surface area (Å²) >= 11 is 0. The number of nitrogens with one attached hydrogen (secondary N) is 2. The van der Waals surface area contributed by atoms with E-state index in [9.17, 15) is 19.2 Å². The van der Waals surface area contributed by atoms with Crippen LogP contribution in [0.3, 0.4) is 0 Å². The highest BCUT2D eigenvalue weighted by atomic mass is 19.1. The van der Waals surface area contributed by atoms with Crippen molar-refractivity contribution >= 4 is 23.6 Å². The van der Waals surface area contributed by atoms with Crippen molar-refractivity contribution in [1.29, 1.82) is 0 Å². The van der Waals surface area contributed by atoms with E-state index in [0.717, 1.165) is 16.8 Å². The molecule has 2 saturated heterocycles. The van der Waals surface area contributed by atoms with Gasteiger partial charge in [-0.2, -0.15) is 5.10 Å². The predicted molar refractivity (Wildman–Crippen MR) is 156 cm³/mol. The van der Waals surface area contributed by atoms with Crippen LogP contribution in [-0.2, 0) is 38.8 Å². The first-order chi connectivity index (χ1) is 21.8. The molecule has 5 heterocycles. The van der Waals surface area contributed by atoms with Crippen molar-refractivity contribution in [3.8, 4) is 0 Å². The van der Waals surface area contributed by atoms with Gasteiger partial charge in [-0.05, 0) is 18.1 Å². The minimum Gasteiger partial charge on any atom is -0.367 e. The molecule has 1 aromatic heterocycles. The fraction of sp³-hybridized carbons (Fsp3) is 0.406. The first-order valence-electron chi connectivity index (χ1n) is 15.1. The molecule has 0 saturated carbocycles. The number of rotatable bonds is 7. The Morgan fingerprint density at radius 2 is 1.87 bits per heavy atom. The number of carbonyl (C=O) groups excluding carboxylic acids is 4. The molecular formula is C32H33FN7O5. The Hall–Kier alpha value is -4.46. The highest BCUT2D eigenvalue weighted by Crippen LogP contribution is 2.38. The Morgan fingerprint density at radius 3 is 2.60 bits per heavy atom. The van der Waals surface area contributed by atoms with E-state index < -0.39 is 29.8 Å². The van der Waals surface area contributed by atoms with Crippen molar-refractivity contribution in [3.05, 3.63) is 88.0 Å². The first-order valence-corrected chi connectivity index (χ1v) is 15.1. The summed E-state index contributed by atoms with van der Waals surface area (Å²) in [5.41, 5.74) is 3.50. The molecule has 4 amide bonds. The lowest BCUT2D eigenvalue weighted by atomic mass is 10.0. The SMILES string of the molecule is CO[C@@H](C(=O)N1Cc2[nH]n[c]c2C1N1CCN(Cc2ccc3c(c2F)CN(C2CCC(=O)NC2=O)C3=O)CC1)c1ccccc1. The smallest absolute Gasteiger partial charge is 0.258 e. The van der Waals surface area contributed by atoms with Crippen LogP contribution in [0.2, 0.25) is 0 Å². The van der Waals surface area contributed by atoms with Crippen LogP contribution in [0, 0.1) is 12.0 Å². The van der Waals surface area contributed by atoms with Gasteiger partial charge in [0.1, 0.15) is 24.2 Å². The Kier molecular flexibility index (Phi) is 7.68. The van der Waals surface area contributed by atoms with Crippen LogP contribution in [0.5, 0.6) is 0 Å². The number of nitrogens with zero attached hydrogens (tertiary/aromatic N) is 5.